The molecule has 0 aromatic heterocycles. The summed E-state index contributed by atoms with van der Waals surface area (Å²) in [5, 5.41) is 2.79. The molecule has 0 rings (SSSR count). The standard InChI is InChI=1S/C22H43NO4/c1-3-4-5-6-7-8-9-10-11-12-13-14-15-16-21(24)23-18-20-27-22(25)17-19-26-2/h3-20H2,1-2H3,(H,23,24). The fraction of sp³-hybridized carbons (Fsp3) is 0.909. The first-order valence-electron chi connectivity index (χ1n) is 11.1. The lowest BCUT2D eigenvalue weighted by Gasteiger charge is -2.07. The highest BCUT2D eigenvalue weighted by Gasteiger charge is 2.04. The second-order valence-electron chi connectivity index (χ2n) is 7.31. The number of rotatable bonds is 20. The Kier molecular flexibility index (Phi) is 20.3. The Hall–Kier alpha value is -1.10. The second-order valence-corrected chi connectivity index (χ2v) is 7.31. The van der Waals surface area contributed by atoms with Crippen LogP contribution in [-0.2, 0) is 19.1 Å². The SMILES string of the molecule is CCCCCCCCCCCCCCCC(=O)NCCOC(=O)CCOC. The highest BCUT2D eigenvalue weighted by molar-refractivity contribution is 5.75. The summed E-state index contributed by atoms with van der Waals surface area (Å²) < 4.78 is 9.78. The molecular weight excluding hydrogens is 342 g/mol. The van der Waals surface area contributed by atoms with E-state index in [1.165, 1.54) is 70.6 Å². The molecule has 5 nitrogen and oxygen atoms in total. The number of ether oxygens (including phenoxy) is 2. The molecular formula is C22H43NO4. The summed E-state index contributed by atoms with van der Waals surface area (Å²) >= 11 is 0. The Morgan fingerprint density at radius 1 is 0.704 bits per heavy atom. The van der Waals surface area contributed by atoms with Crippen LogP contribution in [0.25, 0.3) is 0 Å². The monoisotopic (exact) mass is 385 g/mol. The van der Waals surface area contributed by atoms with Crippen molar-refractivity contribution in [3.63, 3.8) is 0 Å². The van der Waals surface area contributed by atoms with Gasteiger partial charge in [-0.3, -0.25) is 9.59 Å². The van der Waals surface area contributed by atoms with Crippen LogP contribution < -0.4 is 5.32 Å². The Balaban J connectivity index is 3.22. The lowest BCUT2D eigenvalue weighted by atomic mass is 10.0. The summed E-state index contributed by atoms with van der Waals surface area (Å²) in [5.74, 6) is -0.242. The van der Waals surface area contributed by atoms with Gasteiger partial charge in [0.25, 0.3) is 0 Å². The van der Waals surface area contributed by atoms with Crippen LogP contribution in [0, 0.1) is 0 Å². The zero-order valence-electron chi connectivity index (χ0n) is 17.9. The molecule has 0 bridgehead atoms. The number of unbranched alkanes of at least 4 members (excludes halogenated alkanes) is 12. The van der Waals surface area contributed by atoms with Gasteiger partial charge in [-0.05, 0) is 6.42 Å². The molecule has 0 aromatic carbocycles. The molecule has 0 atom stereocenters. The fourth-order valence-electron chi connectivity index (χ4n) is 3.00. The van der Waals surface area contributed by atoms with E-state index < -0.39 is 0 Å². The number of carbonyl (C=O) groups is 2. The molecule has 0 radical (unpaired) electrons. The molecule has 0 heterocycles. The van der Waals surface area contributed by atoms with Gasteiger partial charge in [-0.25, -0.2) is 0 Å². The number of methoxy groups -OCH3 is 1. The van der Waals surface area contributed by atoms with Crippen LogP contribution in [0.2, 0.25) is 0 Å². The lowest BCUT2D eigenvalue weighted by Crippen LogP contribution is -2.27. The minimum Gasteiger partial charge on any atom is -0.464 e. The van der Waals surface area contributed by atoms with Gasteiger partial charge >= 0.3 is 5.97 Å². The van der Waals surface area contributed by atoms with Gasteiger partial charge in [0.1, 0.15) is 6.61 Å². The third-order valence-corrected chi connectivity index (χ3v) is 4.70. The van der Waals surface area contributed by atoms with Crippen molar-refractivity contribution in [1.29, 1.82) is 0 Å². The smallest absolute Gasteiger partial charge is 0.308 e. The molecule has 1 amide bonds. The molecule has 27 heavy (non-hydrogen) atoms. The van der Waals surface area contributed by atoms with Gasteiger partial charge in [-0.1, -0.05) is 84.0 Å². The molecule has 0 aliphatic heterocycles. The van der Waals surface area contributed by atoms with E-state index in [0.717, 1.165) is 12.8 Å². The quantitative estimate of drug-likeness (QED) is 0.232. The molecule has 0 saturated heterocycles. The second kappa shape index (κ2) is 21.2. The number of esters is 1. The summed E-state index contributed by atoms with van der Waals surface area (Å²) in [5.41, 5.74) is 0. The number of hydrogen-bond donors (Lipinski definition) is 1. The number of nitrogens with one attached hydrogen (secondary N) is 1. The summed E-state index contributed by atoms with van der Waals surface area (Å²) in [4.78, 5) is 22.9. The Bertz CT molecular complexity index is 347. The Morgan fingerprint density at radius 2 is 1.22 bits per heavy atom. The number of hydrogen-bond acceptors (Lipinski definition) is 4. The van der Waals surface area contributed by atoms with Crippen LogP contribution in [0.1, 0.15) is 103 Å². The fourth-order valence-corrected chi connectivity index (χ4v) is 3.00. The van der Waals surface area contributed by atoms with Gasteiger partial charge in [0, 0.05) is 13.5 Å². The van der Waals surface area contributed by atoms with Crippen molar-refractivity contribution < 1.29 is 19.1 Å². The maximum Gasteiger partial charge on any atom is 0.308 e. The summed E-state index contributed by atoms with van der Waals surface area (Å²) in [6.45, 7) is 3.24. The molecule has 5 heteroatoms. The molecule has 0 fully saturated rings. The lowest BCUT2D eigenvalue weighted by molar-refractivity contribution is -0.144. The summed E-state index contributed by atoms with van der Waals surface area (Å²) in [6, 6.07) is 0. The van der Waals surface area contributed by atoms with Crippen molar-refractivity contribution in [2.45, 2.75) is 103 Å². The van der Waals surface area contributed by atoms with E-state index in [2.05, 4.69) is 12.2 Å². The third-order valence-electron chi connectivity index (χ3n) is 4.70. The Morgan fingerprint density at radius 3 is 1.74 bits per heavy atom. The molecule has 0 aliphatic carbocycles. The van der Waals surface area contributed by atoms with E-state index in [9.17, 15) is 9.59 Å². The minimum absolute atomic E-state index is 0.0472. The largest absolute Gasteiger partial charge is 0.464 e. The van der Waals surface area contributed by atoms with E-state index >= 15 is 0 Å². The Labute approximate surface area is 167 Å². The van der Waals surface area contributed by atoms with Crippen molar-refractivity contribution >= 4 is 11.9 Å². The number of amides is 1. The summed E-state index contributed by atoms with van der Waals surface area (Å²) in [7, 11) is 1.55. The molecule has 0 aromatic rings. The zero-order valence-corrected chi connectivity index (χ0v) is 17.9. The van der Waals surface area contributed by atoms with Gasteiger partial charge in [-0.2, -0.15) is 0 Å². The first-order chi connectivity index (χ1) is 13.2. The average molecular weight is 386 g/mol. The van der Waals surface area contributed by atoms with Crippen LogP contribution in [0.3, 0.4) is 0 Å². The van der Waals surface area contributed by atoms with Gasteiger partial charge < -0.3 is 14.8 Å². The highest BCUT2D eigenvalue weighted by atomic mass is 16.5. The van der Waals surface area contributed by atoms with Crippen LogP contribution in [0.4, 0.5) is 0 Å². The minimum atomic E-state index is -0.289. The molecule has 0 aliphatic rings. The van der Waals surface area contributed by atoms with E-state index in [1.807, 2.05) is 0 Å². The van der Waals surface area contributed by atoms with Gasteiger partial charge in [0.2, 0.25) is 5.91 Å². The van der Waals surface area contributed by atoms with E-state index in [-0.39, 0.29) is 24.9 Å². The first kappa shape index (κ1) is 25.9. The van der Waals surface area contributed by atoms with Crippen molar-refractivity contribution in [3.8, 4) is 0 Å². The maximum absolute atomic E-state index is 11.7. The van der Waals surface area contributed by atoms with Crippen LogP contribution in [-0.4, -0.2) is 38.7 Å². The molecule has 0 saturated carbocycles. The van der Waals surface area contributed by atoms with Crippen molar-refractivity contribution in [1.82, 2.24) is 5.32 Å². The van der Waals surface area contributed by atoms with Crippen molar-refractivity contribution in [3.05, 3.63) is 0 Å². The molecule has 1 N–H and O–H groups in total. The van der Waals surface area contributed by atoms with Gasteiger partial charge in [-0.15, -0.1) is 0 Å². The molecule has 0 spiro atoms. The summed E-state index contributed by atoms with van der Waals surface area (Å²) in [6.07, 6.45) is 17.8. The topological polar surface area (TPSA) is 64.6 Å². The van der Waals surface area contributed by atoms with E-state index in [0.29, 0.717) is 19.6 Å². The normalized spacial score (nSPS) is 10.7. The van der Waals surface area contributed by atoms with E-state index in [4.69, 9.17) is 9.47 Å². The van der Waals surface area contributed by atoms with Gasteiger partial charge in [0.15, 0.2) is 0 Å². The van der Waals surface area contributed by atoms with Gasteiger partial charge in [0.05, 0.1) is 19.6 Å². The first-order valence-corrected chi connectivity index (χ1v) is 11.1. The predicted octanol–water partition coefficient (Wildman–Crippen LogP) is 5.16. The third kappa shape index (κ3) is 21.1. The van der Waals surface area contributed by atoms with Crippen LogP contribution in [0.5, 0.6) is 0 Å². The van der Waals surface area contributed by atoms with Crippen LogP contribution in [0.15, 0.2) is 0 Å². The average Bonchev–Trinajstić information content (AvgIpc) is 2.67. The molecule has 0 unspecified atom stereocenters. The highest BCUT2D eigenvalue weighted by Crippen LogP contribution is 2.12. The number of carbonyl (C=O) groups excluding carboxylic acids is 2. The van der Waals surface area contributed by atoms with Crippen molar-refractivity contribution in [2.75, 3.05) is 26.9 Å². The predicted molar refractivity (Wildman–Crippen MR) is 111 cm³/mol. The molecule has 160 valence electrons. The van der Waals surface area contributed by atoms with E-state index in [1.54, 1.807) is 7.11 Å². The van der Waals surface area contributed by atoms with Crippen molar-refractivity contribution in [2.24, 2.45) is 0 Å². The van der Waals surface area contributed by atoms with Crippen LogP contribution >= 0.6 is 0 Å². The maximum atomic E-state index is 11.7. The zero-order chi connectivity index (χ0) is 20.0.